The minimum Gasteiger partial charge on any atom is -0.411 e. The monoisotopic (exact) mass is 353 g/mol. The van der Waals surface area contributed by atoms with Gasteiger partial charge in [0.25, 0.3) is 0 Å². The molecule has 136 valence electrons. The summed E-state index contributed by atoms with van der Waals surface area (Å²) in [4.78, 5) is 4.15. The molecule has 0 saturated heterocycles. The van der Waals surface area contributed by atoms with Crippen LogP contribution in [0.3, 0.4) is 0 Å². The topological polar surface area (TPSA) is 57.5 Å². The maximum Gasteiger partial charge on any atom is 0.150 e. The molecule has 0 spiro atoms. The molecule has 0 bridgehead atoms. The Morgan fingerprint density at radius 2 is 2.08 bits per heavy atom. The van der Waals surface area contributed by atoms with E-state index in [0.717, 1.165) is 53.9 Å². The fourth-order valence-corrected chi connectivity index (χ4v) is 2.63. The average Bonchev–Trinajstić information content (AvgIpc) is 2.64. The molecule has 0 radical (unpaired) electrons. The molecule has 1 aromatic carbocycles. The summed E-state index contributed by atoms with van der Waals surface area (Å²) < 4.78 is 13.5. The normalized spacial score (nSPS) is 12.7. The van der Waals surface area contributed by atoms with Gasteiger partial charge in [-0.25, -0.2) is 9.37 Å². The van der Waals surface area contributed by atoms with Gasteiger partial charge in [0.05, 0.1) is 6.21 Å². The number of aryl methyl sites for hydroxylation is 1. The predicted molar refractivity (Wildman–Crippen MR) is 104 cm³/mol. The highest BCUT2D eigenvalue weighted by atomic mass is 19.1. The van der Waals surface area contributed by atoms with Crippen molar-refractivity contribution in [3.05, 3.63) is 76.2 Å². The molecular formula is C21H24FN3O. The van der Waals surface area contributed by atoms with E-state index < -0.39 is 5.82 Å². The Bertz CT molecular complexity index is 890. The van der Waals surface area contributed by atoms with E-state index in [4.69, 9.17) is 5.21 Å². The van der Waals surface area contributed by atoms with Crippen LogP contribution in [0.4, 0.5) is 4.39 Å². The molecule has 2 aromatic rings. The smallest absolute Gasteiger partial charge is 0.150 e. The van der Waals surface area contributed by atoms with E-state index in [1.165, 1.54) is 6.07 Å². The van der Waals surface area contributed by atoms with E-state index in [1.54, 1.807) is 6.07 Å². The number of nitrogens with zero attached hydrogens (tertiary/aromatic N) is 2. The summed E-state index contributed by atoms with van der Waals surface area (Å²) in [5.41, 5.74) is 1.89. The van der Waals surface area contributed by atoms with Crippen molar-refractivity contribution in [3.63, 3.8) is 0 Å². The number of unbranched alkanes of at least 4 members (excludes halogenated alkanes) is 1. The third-order valence-corrected chi connectivity index (χ3v) is 3.93. The zero-order valence-corrected chi connectivity index (χ0v) is 15.0. The first-order chi connectivity index (χ1) is 12.7. The van der Waals surface area contributed by atoms with Crippen LogP contribution >= 0.6 is 0 Å². The van der Waals surface area contributed by atoms with Gasteiger partial charge in [-0.05, 0) is 49.6 Å². The van der Waals surface area contributed by atoms with E-state index in [2.05, 4.69) is 28.1 Å². The molecule has 0 aliphatic rings. The van der Waals surface area contributed by atoms with Crippen molar-refractivity contribution in [2.24, 2.45) is 5.16 Å². The Kier molecular flexibility index (Phi) is 7.55. The van der Waals surface area contributed by atoms with Crippen molar-refractivity contribution in [1.29, 1.82) is 0 Å². The van der Waals surface area contributed by atoms with Crippen LogP contribution in [0.2, 0.25) is 0 Å². The Morgan fingerprint density at radius 1 is 1.27 bits per heavy atom. The lowest BCUT2D eigenvalue weighted by Crippen LogP contribution is -2.30. The average molecular weight is 353 g/mol. The van der Waals surface area contributed by atoms with Gasteiger partial charge in [-0.15, -0.1) is 0 Å². The molecule has 0 saturated carbocycles. The first kappa shape index (κ1) is 19.4. The standard InChI is InChI=1S/C21H24FN3O/c1-3-8-20(18-11-5-4-9-16(18)2)23-14-7-6-10-17-12-13-19(22)21(25-17)15-24-26/h3-5,8-9,11-13,15,23,26H,2,6-7,10,14H2,1H3/b8-3-,20-18+,24-15+. The van der Waals surface area contributed by atoms with Gasteiger partial charge in [0.1, 0.15) is 5.69 Å². The molecule has 4 nitrogen and oxygen atoms in total. The van der Waals surface area contributed by atoms with Crippen LogP contribution in [0.5, 0.6) is 0 Å². The first-order valence-corrected chi connectivity index (χ1v) is 8.63. The molecule has 5 heteroatoms. The molecule has 2 N–H and O–H groups in total. The molecule has 2 rings (SSSR count). The number of allylic oxidation sites excluding steroid dienone is 1. The van der Waals surface area contributed by atoms with Gasteiger partial charge >= 0.3 is 0 Å². The van der Waals surface area contributed by atoms with Crippen LogP contribution in [0.15, 0.2) is 53.7 Å². The van der Waals surface area contributed by atoms with Crippen LogP contribution in [-0.4, -0.2) is 23.0 Å². The Balaban J connectivity index is 1.92. The summed E-state index contributed by atoms with van der Waals surface area (Å²) in [5, 5.41) is 16.9. The van der Waals surface area contributed by atoms with Gasteiger partial charge < -0.3 is 10.5 Å². The highest BCUT2D eigenvalue weighted by molar-refractivity contribution is 5.76. The fourth-order valence-electron chi connectivity index (χ4n) is 2.63. The number of halogens is 1. The van der Waals surface area contributed by atoms with Gasteiger partial charge in [0, 0.05) is 23.2 Å². The summed E-state index contributed by atoms with van der Waals surface area (Å²) in [7, 11) is 0. The highest BCUT2D eigenvalue weighted by Gasteiger charge is 2.04. The van der Waals surface area contributed by atoms with Crippen molar-refractivity contribution < 1.29 is 9.60 Å². The number of aromatic nitrogens is 1. The second-order valence-electron chi connectivity index (χ2n) is 5.87. The lowest BCUT2D eigenvalue weighted by molar-refractivity contribution is 0.321. The van der Waals surface area contributed by atoms with Crippen LogP contribution in [-0.2, 0) is 6.42 Å². The van der Waals surface area contributed by atoms with Crippen LogP contribution in [0.25, 0.3) is 12.3 Å². The van der Waals surface area contributed by atoms with Gasteiger partial charge in [0.2, 0.25) is 0 Å². The first-order valence-electron chi connectivity index (χ1n) is 8.63. The summed E-state index contributed by atoms with van der Waals surface area (Å²) in [6.45, 7) is 6.88. The molecular weight excluding hydrogens is 329 g/mol. The summed E-state index contributed by atoms with van der Waals surface area (Å²) >= 11 is 0. The highest BCUT2D eigenvalue weighted by Crippen LogP contribution is 2.07. The number of hydrogen-bond donors (Lipinski definition) is 2. The molecule has 0 aliphatic heterocycles. The van der Waals surface area contributed by atoms with Gasteiger partial charge in [-0.1, -0.05) is 42.1 Å². The molecule has 0 amide bonds. The van der Waals surface area contributed by atoms with Crippen molar-refractivity contribution in [1.82, 2.24) is 10.3 Å². The molecule has 0 aliphatic carbocycles. The molecule has 0 atom stereocenters. The summed E-state index contributed by atoms with van der Waals surface area (Å²) in [6, 6.07) is 11.0. The minimum absolute atomic E-state index is 0.0545. The summed E-state index contributed by atoms with van der Waals surface area (Å²) in [6.07, 6.45) is 7.65. The number of oxime groups is 1. The largest absolute Gasteiger partial charge is 0.411 e. The van der Waals surface area contributed by atoms with E-state index in [0.29, 0.717) is 0 Å². The minimum atomic E-state index is -0.495. The quantitative estimate of drug-likeness (QED) is 0.332. The third-order valence-electron chi connectivity index (χ3n) is 3.93. The Labute approximate surface area is 153 Å². The lowest BCUT2D eigenvalue weighted by atomic mass is 10.1. The SMILES string of the molecule is C=c1cccc/c1=C(/C=C\C)NCCCCc1ccc(F)c(/C=N/O)n1. The van der Waals surface area contributed by atoms with Crippen molar-refractivity contribution in [2.45, 2.75) is 26.2 Å². The van der Waals surface area contributed by atoms with Gasteiger partial charge in [-0.3, -0.25) is 0 Å². The van der Waals surface area contributed by atoms with Crippen LogP contribution in [0, 0.1) is 5.82 Å². The maximum atomic E-state index is 13.5. The fraction of sp³-hybridized carbons (Fsp3) is 0.238. The number of rotatable bonds is 8. The molecule has 1 aromatic heterocycles. The number of hydrogen-bond acceptors (Lipinski definition) is 4. The van der Waals surface area contributed by atoms with E-state index >= 15 is 0 Å². The van der Waals surface area contributed by atoms with Crippen molar-refractivity contribution in [3.8, 4) is 0 Å². The van der Waals surface area contributed by atoms with E-state index in [1.807, 2.05) is 37.3 Å². The molecule has 1 heterocycles. The molecule has 0 unspecified atom stereocenters. The molecule has 0 fully saturated rings. The van der Waals surface area contributed by atoms with E-state index in [-0.39, 0.29) is 5.69 Å². The second kappa shape index (κ2) is 10.1. The number of benzene rings is 1. The Hall–Kier alpha value is -2.95. The Morgan fingerprint density at radius 3 is 2.81 bits per heavy atom. The molecule has 26 heavy (non-hydrogen) atoms. The van der Waals surface area contributed by atoms with Crippen LogP contribution in [0.1, 0.15) is 31.2 Å². The zero-order chi connectivity index (χ0) is 18.8. The summed E-state index contributed by atoms with van der Waals surface area (Å²) in [5.74, 6) is -0.495. The lowest BCUT2D eigenvalue weighted by Gasteiger charge is -2.08. The second-order valence-corrected chi connectivity index (χ2v) is 5.87. The zero-order valence-electron chi connectivity index (χ0n) is 15.0. The van der Waals surface area contributed by atoms with Crippen molar-refractivity contribution >= 4 is 18.5 Å². The number of pyridine rings is 1. The van der Waals surface area contributed by atoms with E-state index in [9.17, 15) is 4.39 Å². The number of nitrogens with one attached hydrogen (secondary N) is 1. The van der Waals surface area contributed by atoms with Crippen LogP contribution < -0.4 is 15.8 Å². The van der Waals surface area contributed by atoms with Gasteiger partial charge in [-0.2, -0.15) is 0 Å². The van der Waals surface area contributed by atoms with Gasteiger partial charge in [0.15, 0.2) is 5.82 Å². The third kappa shape index (κ3) is 5.55. The predicted octanol–water partition coefficient (Wildman–Crippen LogP) is 2.74. The van der Waals surface area contributed by atoms with Crippen molar-refractivity contribution in [2.75, 3.05) is 6.54 Å². The maximum absolute atomic E-state index is 13.5.